The van der Waals surface area contributed by atoms with Gasteiger partial charge in [-0.1, -0.05) is 24.3 Å². The molecule has 0 radical (unpaired) electrons. The van der Waals surface area contributed by atoms with Gasteiger partial charge >= 0.3 is 18.2 Å². The van der Waals surface area contributed by atoms with E-state index in [9.17, 15) is 32.7 Å². The lowest BCUT2D eigenvalue weighted by molar-refractivity contribution is -0.222. The van der Waals surface area contributed by atoms with E-state index in [0.29, 0.717) is 11.1 Å². The Hall–Kier alpha value is -4.94. The fourth-order valence-corrected chi connectivity index (χ4v) is 4.38. The maximum atomic E-state index is 13.6. The molecule has 1 aliphatic heterocycles. The quantitative estimate of drug-likeness (QED) is 0.377. The van der Waals surface area contributed by atoms with Gasteiger partial charge in [0.25, 0.3) is 5.91 Å². The van der Waals surface area contributed by atoms with Crippen LogP contribution in [0, 0.1) is 0 Å². The van der Waals surface area contributed by atoms with Crippen molar-refractivity contribution in [1.29, 1.82) is 0 Å². The van der Waals surface area contributed by atoms with Gasteiger partial charge in [0.2, 0.25) is 11.7 Å². The molecule has 13 heteroatoms. The van der Waals surface area contributed by atoms with Crippen LogP contribution >= 0.6 is 0 Å². The number of alkyl halides is 3. The number of aromatic nitrogens is 3. The van der Waals surface area contributed by atoms with E-state index in [1.807, 2.05) is 0 Å². The molecule has 3 heterocycles. The van der Waals surface area contributed by atoms with E-state index in [-0.39, 0.29) is 34.7 Å². The van der Waals surface area contributed by atoms with Gasteiger partial charge < -0.3 is 14.8 Å². The number of H-pyrrole nitrogens is 1. The Morgan fingerprint density at radius 2 is 1.84 bits per heavy atom. The lowest BCUT2D eigenvalue weighted by atomic mass is 9.92. The van der Waals surface area contributed by atoms with E-state index < -0.39 is 29.9 Å². The number of imidazole rings is 1. The highest BCUT2D eigenvalue weighted by Gasteiger charge is 2.57. The summed E-state index contributed by atoms with van der Waals surface area (Å²) in [4.78, 5) is 50.1. The number of nitrogens with one attached hydrogen (secondary N) is 1. The molecule has 2 aromatic carbocycles. The minimum Gasteiger partial charge on any atom is -0.465 e. The standard InChI is InChI=1S/C25H18F3N5O5/c1-32(23(36)37)22-30-18-7-6-15(12-19(18)31-22)24(38-21(35)25(26,27)28)17-5-3-2-4-16(17)20(34)33(24)13-14-8-10-29-11-9-14/h2-12H,13H2,1H3,(H,30,31)(H,36,37). The first-order valence-electron chi connectivity index (χ1n) is 11.1. The second-order valence-corrected chi connectivity index (χ2v) is 8.46. The number of pyridine rings is 1. The highest BCUT2D eigenvalue weighted by molar-refractivity contribution is 6.01. The molecular formula is C25H18F3N5O5. The van der Waals surface area contributed by atoms with Crippen molar-refractivity contribution < 1.29 is 37.4 Å². The molecule has 0 fully saturated rings. The normalized spacial score (nSPS) is 16.9. The summed E-state index contributed by atoms with van der Waals surface area (Å²) in [6.07, 6.45) is -3.72. The Bertz CT molecular complexity index is 1570. The number of carboxylic acid groups (broad SMARTS) is 1. The molecule has 5 rings (SSSR count). The fourth-order valence-electron chi connectivity index (χ4n) is 4.38. The molecule has 4 aromatic rings. The summed E-state index contributed by atoms with van der Waals surface area (Å²) in [6, 6.07) is 13.3. The van der Waals surface area contributed by atoms with Gasteiger partial charge in [0.15, 0.2) is 0 Å². The maximum Gasteiger partial charge on any atom is 0.491 e. The number of benzene rings is 2. The monoisotopic (exact) mass is 525 g/mol. The van der Waals surface area contributed by atoms with Gasteiger partial charge in [-0.05, 0) is 35.9 Å². The van der Waals surface area contributed by atoms with Crippen molar-refractivity contribution >= 4 is 35.0 Å². The number of nitrogens with zero attached hydrogens (tertiary/aromatic N) is 4. The van der Waals surface area contributed by atoms with Gasteiger partial charge in [-0.2, -0.15) is 13.2 Å². The van der Waals surface area contributed by atoms with Gasteiger partial charge in [0.05, 0.1) is 17.6 Å². The molecule has 38 heavy (non-hydrogen) atoms. The second-order valence-electron chi connectivity index (χ2n) is 8.46. The summed E-state index contributed by atoms with van der Waals surface area (Å²) in [5, 5.41) is 9.27. The summed E-state index contributed by atoms with van der Waals surface area (Å²) < 4.78 is 46.0. The molecule has 1 aliphatic rings. The smallest absolute Gasteiger partial charge is 0.465 e. The number of hydrogen-bond acceptors (Lipinski definition) is 6. The van der Waals surface area contributed by atoms with Gasteiger partial charge in [-0.25, -0.2) is 14.6 Å². The minimum absolute atomic E-state index is 0.0168. The zero-order valence-electron chi connectivity index (χ0n) is 19.6. The molecular weight excluding hydrogens is 507 g/mol. The van der Waals surface area contributed by atoms with E-state index in [2.05, 4.69) is 15.0 Å². The van der Waals surface area contributed by atoms with Gasteiger partial charge in [-0.3, -0.25) is 19.6 Å². The van der Waals surface area contributed by atoms with Crippen LogP contribution in [0.1, 0.15) is 27.0 Å². The number of amides is 2. The summed E-state index contributed by atoms with van der Waals surface area (Å²) in [5.41, 5.74) is -1.11. The highest BCUT2D eigenvalue weighted by atomic mass is 19.4. The van der Waals surface area contributed by atoms with Crippen molar-refractivity contribution in [1.82, 2.24) is 19.9 Å². The first-order chi connectivity index (χ1) is 18.0. The molecule has 0 spiro atoms. The molecule has 0 bridgehead atoms. The number of halogens is 3. The largest absolute Gasteiger partial charge is 0.491 e. The van der Waals surface area contributed by atoms with Crippen molar-refractivity contribution in [3.63, 3.8) is 0 Å². The lowest BCUT2D eigenvalue weighted by Crippen LogP contribution is -2.49. The fraction of sp³-hybridized carbons (Fsp3) is 0.160. The first kappa shape index (κ1) is 24.7. The van der Waals surface area contributed by atoms with E-state index in [1.165, 1.54) is 55.8 Å². The number of hydrogen-bond donors (Lipinski definition) is 2. The van der Waals surface area contributed by atoms with Gasteiger partial charge in [0, 0.05) is 36.1 Å². The Kier molecular flexibility index (Phi) is 5.77. The molecule has 0 saturated carbocycles. The predicted molar refractivity (Wildman–Crippen MR) is 126 cm³/mol. The molecule has 194 valence electrons. The lowest BCUT2D eigenvalue weighted by Gasteiger charge is -2.39. The third-order valence-electron chi connectivity index (χ3n) is 6.18. The van der Waals surface area contributed by atoms with Crippen LogP contribution in [-0.4, -0.2) is 56.2 Å². The van der Waals surface area contributed by atoms with Crippen LogP contribution in [0.2, 0.25) is 0 Å². The third kappa shape index (κ3) is 3.97. The zero-order valence-corrected chi connectivity index (χ0v) is 19.6. The van der Waals surface area contributed by atoms with Crippen molar-refractivity contribution in [2.45, 2.75) is 18.4 Å². The molecule has 2 N–H and O–H groups in total. The summed E-state index contributed by atoms with van der Waals surface area (Å²) in [6.45, 7) is -0.213. The molecule has 2 amide bonds. The molecule has 1 unspecified atom stereocenters. The first-order valence-corrected chi connectivity index (χ1v) is 11.1. The summed E-state index contributed by atoms with van der Waals surface area (Å²) >= 11 is 0. The van der Waals surface area contributed by atoms with Crippen LogP contribution in [0.5, 0.6) is 0 Å². The molecule has 0 saturated heterocycles. The summed E-state index contributed by atoms with van der Waals surface area (Å²) in [5.74, 6) is -3.18. The van der Waals surface area contributed by atoms with Crippen molar-refractivity contribution in [3.8, 4) is 0 Å². The number of fused-ring (bicyclic) bond motifs is 2. The number of carbonyl (C=O) groups is 3. The van der Waals surface area contributed by atoms with Crippen LogP contribution in [0.4, 0.5) is 23.9 Å². The SMILES string of the molecule is CN(C(=O)O)c1nc2ccc(C3(OC(=O)C(F)(F)F)c4ccccc4C(=O)N3Cc3ccncc3)cc2[nH]1. The second kappa shape index (κ2) is 8.87. The van der Waals surface area contributed by atoms with Crippen molar-refractivity contribution in [3.05, 3.63) is 89.2 Å². The Morgan fingerprint density at radius 1 is 1.13 bits per heavy atom. The molecule has 10 nitrogen and oxygen atoms in total. The van der Waals surface area contributed by atoms with E-state index in [1.54, 1.807) is 18.2 Å². The Balaban J connectivity index is 1.75. The molecule has 2 aromatic heterocycles. The zero-order chi connectivity index (χ0) is 27.2. The van der Waals surface area contributed by atoms with E-state index >= 15 is 0 Å². The van der Waals surface area contributed by atoms with Crippen LogP contribution in [0.15, 0.2) is 67.0 Å². The van der Waals surface area contributed by atoms with E-state index in [4.69, 9.17) is 4.74 Å². The Morgan fingerprint density at radius 3 is 2.53 bits per heavy atom. The van der Waals surface area contributed by atoms with Crippen LogP contribution in [0.3, 0.4) is 0 Å². The van der Waals surface area contributed by atoms with Crippen molar-refractivity contribution in [2.24, 2.45) is 0 Å². The van der Waals surface area contributed by atoms with Crippen LogP contribution < -0.4 is 4.90 Å². The topological polar surface area (TPSA) is 129 Å². The van der Waals surface area contributed by atoms with Gasteiger partial charge in [0.1, 0.15) is 0 Å². The number of rotatable bonds is 5. The molecule has 0 aliphatic carbocycles. The number of aromatic amines is 1. The van der Waals surface area contributed by atoms with Crippen LogP contribution in [0.25, 0.3) is 11.0 Å². The predicted octanol–water partition coefficient (Wildman–Crippen LogP) is 4.03. The number of esters is 1. The maximum absolute atomic E-state index is 13.6. The number of anilines is 1. The average Bonchev–Trinajstić information content (AvgIpc) is 3.42. The van der Waals surface area contributed by atoms with E-state index in [0.717, 1.165) is 9.80 Å². The van der Waals surface area contributed by atoms with Crippen LogP contribution in [-0.2, 0) is 21.8 Å². The highest BCUT2D eigenvalue weighted by Crippen LogP contribution is 2.47. The van der Waals surface area contributed by atoms with Gasteiger partial charge in [-0.15, -0.1) is 0 Å². The third-order valence-corrected chi connectivity index (χ3v) is 6.18. The average molecular weight is 525 g/mol. The number of carbonyl (C=O) groups excluding carboxylic acids is 2. The van der Waals surface area contributed by atoms with Crippen molar-refractivity contribution in [2.75, 3.05) is 11.9 Å². The number of ether oxygens (including phenoxy) is 1. The minimum atomic E-state index is -5.36. The Labute approximate surface area is 212 Å². The molecule has 1 atom stereocenters. The summed E-state index contributed by atoms with van der Waals surface area (Å²) in [7, 11) is 1.26.